The number of carboxylic acid groups (broad SMARTS) is 1. The molecule has 0 unspecified atom stereocenters. The van der Waals surface area contributed by atoms with Crippen LogP contribution in [0, 0.1) is 6.92 Å². The number of fused-ring (bicyclic) bond motifs is 3. The number of thioether (sulfide) groups is 1. The third-order valence-electron chi connectivity index (χ3n) is 5.92. The van der Waals surface area contributed by atoms with E-state index in [1.165, 1.54) is 11.8 Å². The van der Waals surface area contributed by atoms with Crippen molar-refractivity contribution in [2.45, 2.75) is 12.8 Å². The van der Waals surface area contributed by atoms with Crippen LogP contribution in [0.1, 0.15) is 33.0 Å². The number of benzene rings is 3. The van der Waals surface area contributed by atoms with Gasteiger partial charge in [0, 0.05) is 29.5 Å². The van der Waals surface area contributed by atoms with Crippen molar-refractivity contribution in [2.24, 2.45) is 0 Å². The maximum absolute atomic E-state index is 12.6. The summed E-state index contributed by atoms with van der Waals surface area (Å²) in [5.41, 5.74) is 6.15. The molecule has 0 atom stereocenters. The minimum atomic E-state index is -0.885. The average molecular weight is 491 g/mol. The van der Waals surface area contributed by atoms with Gasteiger partial charge >= 0.3 is 12.1 Å². The Hall–Kier alpha value is -3.78. The summed E-state index contributed by atoms with van der Waals surface area (Å²) in [5.74, 6) is -0.715. The zero-order valence-corrected chi connectivity index (χ0v) is 20.1. The largest absolute Gasteiger partial charge is 0.481 e. The number of nitrogens with one attached hydrogen (secondary N) is 2. The second-order valence-corrected chi connectivity index (χ2v) is 9.24. The standard InChI is InChI=1S/C27H26N2O5S/c1-17-18(26(32)28-13-14-35-16-25(30)31)11-6-12-24(17)29-27(33)34-15-23-21-9-4-2-7-19(21)20-8-3-5-10-22(20)23/h2-12,23H,13-16H2,1H3,(H,28,32)(H,29,33)(H,30,31). The van der Waals surface area contributed by atoms with Crippen molar-refractivity contribution in [1.29, 1.82) is 0 Å². The Morgan fingerprint density at radius 2 is 1.60 bits per heavy atom. The molecule has 0 saturated heterocycles. The Kier molecular flexibility index (Phi) is 7.72. The monoisotopic (exact) mass is 490 g/mol. The summed E-state index contributed by atoms with van der Waals surface area (Å²) in [6.45, 7) is 2.31. The molecule has 1 aliphatic rings. The minimum Gasteiger partial charge on any atom is -0.481 e. The lowest BCUT2D eigenvalue weighted by atomic mass is 9.98. The van der Waals surface area contributed by atoms with Crippen molar-refractivity contribution < 1.29 is 24.2 Å². The van der Waals surface area contributed by atoms with Gasteiger partial charge in [-0.3, -0.25) is 14.9 Å². The second-order valence-electron chi connectivity index (χ2n) is 8.13. The fourth-order valence-corrected chi connectivity index (χ4v) is 4.82. The summed E-state index contributed by atoms with van der Waals surface area (Å²) in [5, 5.41) is 14.2. The van der Waals surface area contributed by atoms with Gasteiger partial charge in [0.25, 0.3) is 5.91 Å². The Morgan fingerprint density at radius 1 is 0.943 bits per heavy atom. The number of carbonyl (C=O) groups is 3. The van der Waals surface area contributed by atoms with Crippen molar-refractivity contribution in [2.75, 3.05) is 30.0 Å². The molecule has 0 fully saturated rings. The van der Waals surface area contributed by atoms with Crippen LogP contribution in [0.5, 0.6) is 0 Å². The van der Waals surface area contributed by atoms with Crippen molar-refractivity contribution >= 4 is 35.4 Å². The first-order valence-corrected chi connectivity index (χ1v) is 12.4. The van der Waals surface area contributed by atoms with E-state index in [9.17, 15) is 14.4 Å². The van der Waals surface area contributed by atoms with Crippen molar-refractivity contribution in [3.63, 3.8) is 0 Å². The van der Waals surface area contributed by atoms with E-state index >= 15 is 0 Å². The van der Waals surface area contributed by atoms with E-state index in [0.717, 1.165) is 22.3 Å². The lowest BCUT2D eigenvalue weighted by Gasteiger charge is -2.16. The molecule has 1 aliphatic carbocycles. The van der Waals surface area contributed by atoms with Crippen LogP contribution in [-0.2, 0) is 9.53 Å². The Balaban J connectivity index is 1.36. The molecule has 7 nitrogen and oxygen atoms in total. The van der Waals surface area contributed by atoms with E-state index in [-0.39, 0.29) is 24.2 Å². The molecule has 0 saturated carbocycles. The zero-order chi connectivity index (χ0) is 24.8. The molecule has 3 aromatic carbocycles. The molecule has 0 aliphatic heterocycles. The Bertz CT molecular complexity index is 1210. The number of carboxylic acids is 1. The van der Waals surface area contributed by atoms with E-state index in [0.29, 0.717) is 29.1 Å². The maximum atomic E-state index is 12.6. The maximum Gasteiger partial charge on any atom is 0.411 e. The number of carbonyl (C=O) groups excluding carboxylic acids is 2. The molecule has 0 aromatic heterocycles. The van der Waals surface area contributed by atoms with Crippen LogP contribution >= 0.6 is 11.8 Å². The van der Waals surface area contributed by atoms with E-state index in [1.807, 2.05) is 24.3 Å². The molecule has 3 aromatic rings. The number of hydrogen-bond acceptors (Lipinski definition) is 5. The highest BCUT2D eigenvalue weighted by molar-refractivity contribution is 7.99. The van der Waals surface area contributed by atoms with Gasteiger partial charge in [-0.25, -0.2) is 4.79 Å². The molecule has 8 heteroatoms. The quantitative estimate of drug-likeness (QED) is 0.369. The van der Waals surface area contributed by atoms with Gasteiger partial charge in [0.15, 0.2) is 0 Å². The van der Waals surface area contributed by atoms with Gasteiger partial charge in [-0.15, -0.1) is 11.8 Å². The van der Waals surface area contributed by atoms with Crippen LogP contribution in [0.2, 0.25) is 0 Å². The molecule has 35 heavy (non-hydrogen) atoms. The molecule has 0 radical (unpaired) electrons. The van der Waals surface area contributed by atoms with E-state index < -0.39 is 12.1 Å². The van der Waals surface area contributed by atoms with Gasteiger partial charge in [0.05, 0.1) is 5.75 Å². The minimum absolute atomic E-state index is 0.00551. The third-order valence-corrected chi connectivity index (χ3v) is 6.86. The van der Waals surface area contributed by atoms with Gasteiger partial charge in [0.1, 0.15) is 6.61 Å². The van der Waals surface area contributed by atoms with Crippen molar-refractivity contribution in [1.82, 2.24) is 5.32 Å². The molecular weight excluding hydrogens is 464 g/mol. The second kappa shape index (κ2) is 11.1. The third kappa shape index (κ3) is 5.66. The fraction of sp³-hybridized carbons (Fsp3) is 0.222. The van der Waals surface area contributed by atoms with Crippen LogP contribution in [0.15, 0.2) is 66.7 Å². The number of anilines is 1. The number of rotatable bonds is 9. The van der Waals surface area contributed by atoms with Gasteiger partial charge in [-0.05, 0) is 46.9 Å². The molecule has 3 N–H and O–H groups in total. The number of hydrogen-bond donors (Lipinski definition) is 3. The average Bonchev–Trinajstić information content (AvgIpc) is 3.17. The van der Waals surface area contributed by atoms with Gasteiger partial charge in [0.2, 0.25) is 0 Å². The summed E-state index contributed by atoms with van der Waals surface area (Å²) >= 11 is 1.23. The first kappa shape index (κ1) is 24.3. The van der Waals surface area contributed by atoms with Crippen molar-refractivity contribution in [3.05, 3.63) is 89.0 Å². The number of aliphatic carboxylic acids is 1. The molecule has 2 amide bonds. The van der Waals surface area contributed by atoms with Crippen LogP contribution < -0.4 is 10.6 Å². The van der Waals surface area contributed by atoms with E-state index in [4.69, 9.17) is 9.84 Å². The van der Waals surface area contributed by atoms with Crippen LogP contribution in [0.4, 0.5) is 10.5 Å². The Morgan fingerprint density at radius 3 is 2.26 bits per heavy atom. The highest BCUT2D eigenvalue weighted by atomic mass is 32.2. The summed E-state index contributed by atoms with van der Waals surface area (Å²) in [6, 6.07) is 21.4. The lowest BCUT2D eigenvalue weighted by Crippen LogP contribution is -2.27. The predicted molar refractivity (Wildman–Crippen MR) is 137 cm³/mol. The molecule has 4 rings (SSSR count). The molecular formula is C27H26N2O5S. The Labute approximate surface area is 207 Å². The fourth-order valence-electron chi connectivity index (χ4n) is 4.25. The highest BCUT2D eigenvalue weighted by Crippen LogP contribution is 2.44. The number of ether oxygens (including phenoxy) is 1. The summed E-state index contributed by atoms with van der Waals surface area (Å²) < 4.78 is 5.61. The topological polar surface area (TPSA) is 105 Å². The summed E-state index contributed by atoms with van der Waals surface area (Å²) in [7, 11) is 0. The molecule has 0 spiro atoms. The van der Waals surface area contributed by atoms with E-state index in [2.05, 4.69) is 34.9 Å². The van der Waals surface area contributed by atoms with E-state index in [1.54, 1.807) is 25.1 Å². The van der Waals surface area contributed by atoms with Gasteiger partial charge in [-0.1, -0.05) is 54.6 Å². The molecule has 0 bridgehead atoms. The number of amides is 2. The first-order chi connectivity index (χ1) is 17.0. The lowest BCUT2D eigenvalue weighted by molar-refractivity contribution is -0.133. The molecule has 0 heterocycles. The smallest absolute Gasteiger partial charge is 0.411 e. The SMILES string of the molecule is Cc1c(NC(=O)OCC2c3ccccc3-c3ccccc32)cccc1C(=O)NCCSCC(=O)O. The zero-order valence-electron chi connectivity index (χ0n) is 19.2. The highest BCUT2D eigenvalue weighted by Gasteiger charge is 2.29. The van der Waals surface area contributed by atoms with Crippen LogP contribution in [-0.4, -0.2) is 47.7 Å². The summed E-state index contributed by atoms with van der Waals surface area (Å²) in [4.78, 5) is 35.8. The van der Waals surface area contributed by atoms with Crippen molar-refractivity contribution in [3.8, 4) is 11.1 Å². The van der Waals surface area contributed by atoms with Gasteiger partial charge in [-0.2, -0.15) is 0 Å². The van der Waals surface area contributed by atoms with Gasteiger partial charge < -0.3 is 15.2 Å². The van der Waals surface area contributed by atoms with Crippen LogP contribution in [0.3, 0.4) is 0 Å². The summed E-state index contributed by atoms with van der Waals surface area (Å²) in [6.07, 6.45) is -0.586. The van der Waals surface area contributed by atoms with Crippen LogP contribution in [0.25, 0.3) is 11.1 Å². The normalized spacial score (nSPS) is 11.9. The first-order valence-electron chi connectivity index (χ1n) is 11.2. The predicted octanol–water partition coefficient (Wildman–Crippen LogP) is 4.90. The molecule has 180 valence electrons.